The van der Waals surface area contributed by atoms with Gasteiger partial charge in [-0.25, -0.2) is 0 Å². The van der Waals surface area contributed by atoms with Gasteiger partial charge in [-0.15, -0.1) is 11.3 Å². The molecule has 5 nitrogen and oxygen atoms in total. The second-order valence-electron chi connectivity index (χ2n) is 5.00. The lowest BCUT2D eigenvalue weighted by molar-refractivity contribution is -0.115. The van der Waals surface area contributed by atoms with Crippen molar-refractivity contribution >= 4 is 57.9 Å². The van der Waals surface area contributed by atoms with E-state index >= 15 is 0 Å². The summed E-state index contributed by atoms with van der Waals surface area (Å²) in [4.78, 5) is 24.0. The summed E-state index contributed by atoms with van der Waals surface area (Å²) in [5, 5.41) is 10.4. The molecule has 2 aromatic rings. The molecule has 0 fully saturated rings. The topological polar surface area (TPSA) is 70.2 Å². The number of thiocarbonyl (C=S) groups is 1. The first kappa shape index (κ1) is 17.8. The summed E-state index contributed by atoms with van der Waals surface area (Å²) in [7, 11) is 0. The maximum Gasteiger partial charge on any atom is 0.250 e. The molecular weight excluding hydrogens is 342 g/mol. The van der Waals surface area contributed by atoms with Crippen LogP contribution in [-0.2, 0) is 9.59 Å². The van der Waals surface area contributed by atoms with Crippen molar-refractivity contribution in [3.63, 3.8) is 0 Å². The normalized spacial score (nSPS) is 10.4. The Kier molecular flexibility index (Phi) is 6.22. The molecule has 0 bridgehead atoms. The van der Waals surface area contributed by atoms with E-state index < -0.39 is 0 Å². The number of benzene rings is 1. The molecule has 124 valence electrons. The average Bonchev–Trinajstić information content (AvgIpc) is 3.01. The molecule has 1 aromatic carbocycles. The van der Waals surface area contributed by atoms with Crippen molar-refractivity contribution in [3.8, 4) is 0 Å². The van der Waals surface area contributed by atoms with Crippen LogP contribution in [0.3, 0.4) is 0 Å². The van der Waals surface area contributed by atoms with Crippen LogP contribution in [0.4, 0.5) is 11.4 Å². The highest BCUT2D eigenvalue weighted by Gasteiger charge is 2.05. The zero-order chi connectivity index (χ0) is 17.5. The van der Waals surface area contributed by atoms with Crippen LogP contribution in [0.15, 0.2) is 41.8 Å². The Morgan fingerprint density at radius 3 is 2.67 bits per heavy atom. The Morgan fingerprint density at radius 2 is 2.00 bits per heavy atom. The fourth-order valence-corrected chi connectivity index (χ4v) is 2.72. The van der Waals surface area contributed by atoms with E-state index in [4.69, 9.17) is 12.2 Å². The number of hydrogen-bond donors (Lipinski definition) is 3. The molecule has 24 heavy (non-hydrogen) atoms. The number of thiophene rings is 1. The fraction of sp³-hybridized carbons (Fsp3) is 0.118. The molecule has 2 rings (SSSR count). The lowest BCUT2D eigenvalue weighted by Gasteiger charge is -2.12. The van der Waals surface area contributed by atoms with E-state index in [1.807, 2.05) is 36.6 Å². The van der Waals surface area contributed by atoms with Crippen LogP contribution in [0.5, 0.6) is 0 Å². The summed E-state index contributed by atoms with van der Waals surface area (Å²) in [6.45, 7) is 3.34. The Balaban J connectivity index is 1.94. The first-order valence-electron chi connectivity index (χ1n) is 7.16. The third-order valence-electron chi connectivity index (χ3n) is 2.99. The van der Waals surface area contributed by atoms with E-state index in [2.05, 4.69) is 16.0 Å². The summed E-state index contributed by atoms with van der Waals surface area (Å²) >= 11 is 6.67. The van der Waals surface area contributed by atoms with Crippen LogP contribution < -0.4 is 16.0 Å². The molecule has 0 saturated carbocycles. The number of nitrogens with one attached hydrogen (secondary N) is 3. The molecule has 0 atom stereocenters. The number of carbonyl (C=O) groups is 2. The second-order valence-corrected chi connectivity index (χ2v) is 6.39. The zero-order valence-electron chi connectivity index (χ0n) is 13.3. The van der Waals surface area contributed by atoms with Gasteiger partial charge in [0.2, 0.25) is 11.8 Å². The van der Waals surface area contributed by atoms with E-state index in [-0.39, 0.29) is 16.9 Å². The summed E-state index contributed by atoms with van der Waals surface area (Å²) in [5.41, 5.74) is 2.31. The smallest absolute Gasteiger partial charge is 0.250 e. The van der Waals surface area contributed by atoms with Crippen molar-refractivity contribution in [3.05, 3.63) is 52.2 Å². The number of aryl methyl sites for hydroxylation is 1. The van der Waals surface area contributed by atoms with Crippen LogP contribution in [-0.4, -0.2) is 16.9 Å². The zero-order valence-corrected chi connectivity index (χ0v) is 14.9. The molecule has 1 heterocycles. The van der Waals surface area contributed by atoms with E-state index in [9.17, 15) is 9.59 Å². The minimum atomic E-state index is -0.310. The highest BCUT2D eigenvalue weighted by Crippen LogP contribution is 2.20. The van der Waals surface area contributed by atoms with Crippen molar-refractivity contribution in [2.75, 3.05) is 10.6 Å². The minimum absolute atomic E-state index is 0.148. The molecule has 0 unspecified atom stereocenters. The van der Waals surface area contributed by atoms with Crippen molar-refractivity contribution < 1.29 is 9.59 Å². The number of amides is 2. The Morgan fingerprint density at radius 1 is 1.21 bits per heavy atom. The molecule has 7 heteroatoms. The average molecular weight is 359 g/mol. The van der Waals surface area contributed by atoms with Crippen LogP contribution in [0.25, 0.3) is 6.08 Å². The quantitative estimate of drug-likeness (QED) is 0.577. The molecule has 3 N–H and O–H groups in total. The molecule has 2 amide bonds. The number of rotatable bonds is 4. The lowest BCUT2D eigenvalue weighted by atomic mass is 10.2. The predicted octanol–water partition coefficient (Wildman–Crippen LogP) is 3.54. The Hall–Kier alpha value is -2.51. The van der Waals surface area contributed by atoms with Crippen molar-refractivity contribution in [1.29, 1.82) is 0 Å². The van der Waals surface area contributed by atoms with Crippen molar-refractivity contribution in [2.24, 2.45) is 0 Å². The first-order valence-corrected chi connectivity index (χ1v) is 8.44. The fourth-order valence-electron chi connectivity index (χ4n) is 1.88. The standard InChI is InChI=1S/C17H17N3O2S2/c1-11-5-6-13(10-15(11)18-12(2)21)19-17(23)20-16(22)8-7-14-4-3-9-24-14/h3-10H,1-2H3,(H,18,21)(H2,19,20,22,23)/b8-7+. The van der Waals surface area contributed by atoms with Crippen molar-refractivity contribution in [1.82, 2.24) is 5.32 Å². The van der Waals surface area contributed by atoms with Gasteiger partial charge in [0, 0.05) is 29.3 Å². The van der Waals surface area contributed by atoms with Gasteiger partial charge in [-0.05, 0) is 54.4 Å². The van der Waals surface area contributed by atoms with Crippen LogP contribution in [0.1, 0.15) is 17.4 Å². The Labute approximate surface area is 149 Å². The molecule has 0 spiro atoms. The third kappa shape index (κ3) is 5.60. The number of carbonyl (C=O) groups excluding carboxylic acids is 2. The molecule has 1 aromatic heterocycles. The van der Waals surface area contributed by atoms with Crippen LogP contribution in [0, 0.1) is 6.92 Å². The molecule has 0 radical (unpaired) electrons. The molecule has 0 saturated heterocycles. The van der Waals surface area contributed by atoms with Crippen molar-refractivity contribution in [2.45, 2.75) is 13.8 Å². The van der Waals surface area contributed by atoms with Gasteiger partial charge in [-0.3, -0.25) is 14.9 Å². The number of hydrogen-bond acceptors (Lipinski definition) is 4. The van der Waals surface area contributed by atoms with E-state index in [1.54, 1.807) is 23.5 Å². The van der Waals surface area contributed by atoms with Crippen LogP contribution >= 0.6 is 23.6 Å². The molecule has 0 aliphatic rings. The summed E-state index contributed by atoms with van der Waals surface area (Å²) in [6, 6.07) is 9.27. The van der Waals surface area contributed by atoms with Crippen LogP contribution in [0.2, 0.25) is 0 Å². The largest absolute Gasteiger partial charge is 0.332 e. The van der Waals surface area contributed by atoms with Gasteiger partial charge < -0.3 is 10.6 Å². The van der Waals surface area contributed by atoms with Gasteiger partial charge in [-0.1, -0.05) is 12.1 Å². The summed E-state index contributed by atoms with van der Waals surface area (Å²) < 4.78 is 0. The highest BCUT2D eigenvalue weighted by molar-refractivity contribution is 7.80. The monoisotopic (exact) mass is 359 g/mol. The second kappa shape index (κ2) is 8.37. The maximum absolute atomic E-state index is 11.8. The van der Waals surface area contributed by atoms with Gasteiger partial charge >= 0.3 is 0 Å². The molecule has 0 aliphatic heterocycles. The van der Waals surface area contributed by atoms with Gasteiger partial charge in [0.1, 0.15) is 0 Å². The highest BCUT2D eigenvalue weighted by atomic mass is 32.1. The predicted molar refractivity (Wildman–Crippen MR) is 103 cm³/mol. The SMILES string of the molecule is CC(=O)Nc1cc(NC(=S)NC(=O)/C=C/c2cccs2)ccc1C. The van der Waals surface area contributed by atoms with E-state index in [0.29, 0.717) is 11.4 Å². The summed E-state index contributed by atoms with van der Waals surface area (Å²) in [6.07, 6.45) is 3.15. The van der Waals surface area contributed by atoms with Gasteiger partial charge in [-0.2, -0.15) is 0 Å². The Bertz CT molecular complexity index is 783. The molecular formula is C17H17N3O2S2. The molecule has 0 aliphatic carbocycles. The third-order valence-corrected chi connectivity index (χ3v) is 4.03. The number of anilines is 2. The van der Waals surface area contributed by atoms with Gasteiger partial charge in [0.05, 0.1) is 0 Å². The maximum atomic E-state index is 11.8. The lowest BCUT2D eigenvalue weighted by Crippen LogP contribution is -2.32. The summed E-state index contributed by atoms with van der Waals surface area (Å²) in [5.74, 6) is -0.458. The van der Waals surface area contributed by atoms with E-state index in [0.717, 1.165) is 10.4 Å². The minimum Gasteiger partial charge on any atom is -0.332 e. The van der Waals surface area contributed by atoms with E-state index in [1.165, 1.54) is 13.0 Å². The van der Waals surface area contributed by atoms with Gasteiger partial charge in [0.15, 0.2) is 5.11 Å². The first-order chi connectivity index (χ1) is 11.4. The van der Waals surface area contributed by atoms with Gasteiger partial charge in [0.25, 0.3) is 0 Å².